The van der Waals surface area contributed by atoms with Crippen LogP contribution < -0.4 is 0 Å². The van der Waals surface area contributed by atoms with Gasteiger partial charge >= 0.3 is 0 Å². The standard InChI is InChI=1S/C22H20Cl2N2O3/c23-16-9-5-14(6-10-16)13-25(20(27)15-7-11-17(24)12-8-15)26-21(28)18-3-1-2-4-19(18)22(26)29/h5-12,18-19H,1-4,13H2/t18-,19+. The van der Waals surface area contributed by atoms with Gasteiger partial charge in [0.25, 0.3) is 17.7 Å². The molecule has 4 rings (SSSR count). The highest BCUT2D eigenvalue weighted by Gasteiger charge is 2.51. The molecule has 1 saturated heterocycles. The third-order valence-corrected chi connectivity index (χ3v) is 6.13. The summed E-state index contributed by atoms with van der Waals surface area (Å²) in [7, 11) is 0. The molecule has 150 valence electrons. The van der Waals surface area contributed by atoms with Gasteiger partial charge in [0.1, 0.15) is 0 Å². The predicted molar refractivity (Wildman–Crippen MR) is 110 cm³/mol. The number of hydrogen-bond acceptors (Lipinski definition) is 3. The lowest BCUT2D eigenvalue weighted by Gasteiger charge is -2.30. The van der Waals surface area contributed by atoms with Gasteiger partial charge in [-0.2, -0.15) is 5.01 Å². The number of halogens is 2. The summed E-state index contributed by atoms with van der Waals surface area (Å²) < 4.78 is 0. The Morgan fingerprint density at radius 2 is 1.34 bits per heavy atom. The number of amides is 3. The number of imide groups is 1. The molecule has 0 aromatic heterocycles. The predicted octanol–water partition coefficient (Wildman–Crippen LogP) is 4.73. The fourth-order valence-electron chi connectivity index (χ4n) is 4.12. The van der Waals surface area contributed by atoms with Crippen LogP contribution in [0.4, 0.5) is 0 Å². The van der Waals surface area contributed by atoms with Gasteiger partial charge < -0.3 is 0 Å². The second kappa shape index (κ2) is 8.17. The summed E-state index contributed by atoms with van der Waals surface area (Å²) in [4.78, 5) is 39.5. The molecule has 1 heterocycles. The molecule has 5 nitrogen and oxygen atoms in total. The van der Waals surface area contributed by atoms with Crippen molar-refractivity contribution in [2.45, 2.75) is 32.2 Å². The number of nitrogens with zero attached hydrogens (tertiary/aromatic N) is 2. The Bertz CT molecular complexity index is 920. The van der Waals surface area contributed by atoms with E-state index in [4.69, 9.17) is 23.2 Å². The lowest BCUT2D eigenvalue weighted by Crippen LogP contribution is -2.49. The van der Waals surface area contributed by atoms with Crippen LogP contribution in [0.2, 0.25) is 10.0 Å². The quantitative estimate of drug-likeness (QED) is 0.658. The molecule has 0 unspecified atom stereocenters. The third kappa shape index (κ3) is 3.89. The molecule has 1 saturated carbocycles. The monoisotopic (exact) mass is 430 g/mol. The largest absolute Gasteiger partial charge is 0.273 e. The van der Waals surface area contributed by atoms with Gasteiger partial charge in [-0.1, -0.05) is 48.2 Å². The van der Waals surface area contributed by atoms with Crippen LogP contribution in [-0.4, -0.2) is 27.7 Å². The van der Waals surface area contributed by atoms with Gasteiger partial charge in [-0.3, -0.25) is 14.4 Å². The molecular formula is C22H20Cl2N2O3. The Morgan fingerprint density at radius 1 is 0.862 bits per heavy atom. The summed E-state index contributed by atoms with van der Waals surface area (Å²) in [6.07, 6.45) is 3.23. The van der Waals surface area contributed by atoms with Gasteiger partial charge in [-0.05, 0) is 54.8 Å². The van der Waals surface area contributed by atoms with E-state index >= 15 is 0 Å². The minimum atomic E-state index is -0.419. The average Bonchev–Trinajstić information content (AvgIpc) is 2.98. The van der Waals surface area contributed by atoms with Gasteiger partial charge in [0.15, 0.2) is 0 Å². The van der Waals surface area contributed by atoms with Crippen molar-refractivity contribution in [1.82, 2.24) is 10.0 Å². The van der Waals surface area contributed by atoms with E-state index < -0.39 is 5.91 Å². The van der Waals surface area contributed by atoms with Gasteiger partial charge in [0, 0.05) is 15.6 Å². The van der Waals surface area contributed by atoms with E-state index in [1.807, 2.05) is 0 Å². The Morgan fingerprint density at radius 3 is 1.86 bits per heavy atom. The number of hydrazine groups is 1. The second-order valence-corrected chi connectivity index (χ2v) is 8.35. The van der Waals surface area contributed by atoms with E-state index in [0.717, 1.165) is 23.4 Å². The van der Waals surface area contributed by atoms with Crippen molar-refractivity contribution in [3.05, 3.63) is 69.7 Å². The van der Waals surface area contributed by atoms with Crippen molar-refractivity contribution in [3.8, 4) is 0 Å². The zero-order chi connectivity index (χ0) is 20.5. The van der Waals surface area contributed by atoms with Crippen LogP contribution in [0.25, 0.3) is 0 Å². The highest BCUT2D eigenvalue weighted by atomic mass is 35.5. The molecule has 2 aliphatic rings. The van der Waals surface area contributed by atoms with Crippen molar-refractivity contribution >= 4 is 40.9 Å². The van der Waals surface area contributed by atoms with Crippen molar-refractivity contribution in [2.24, 2.45) is 11.8 Å². The van der Waals surface area contributed by atoms with Crippen molar-refractivity contribution in [2.75, 3.05) is 0 Å². The first kappa shape index (κ1) is 19.9. The van der Waals surface area contributed by atoms with Crippen molar-refractivity contribution in [3.63, 3.8) is 0 Å². The van der Waals surface area contributed by atoms with E-state index in [0.29, 0.717) is 28.5 Å². The first-order valence-corrected chi connectivity index (χ1v) is 10.4. The molecule has 2 aromatic carbocycles. The summed E-state index contributed by atoms with van der Waals surface area (Å²) in [5.41, 5.74) is 1.13. The Hall–Kier alpha value is -2.37. The summed E-state index contributed by atoms with van der Waals surface area (Å²) >= 11 is 11.9. The topological polar surface area (TPSA) is 57.7 Å². The zero-order valence-electron chi connectivity index (χ0n) is 15.7. The first-order chi connectivity index (χ1) is 14.0. The maximum absolute atomic E-state index is 13.3. The van der Waals surface area contributed by atoms with Crippen LogP contribution in [-0.2, 0) is 16.1 Å². The Kier molecular flexibility index (Phi) is 5.61. The molecule has 3 amide bonds. The fraction of sp³-hybridized carbons (Fsp3) is 0.318. The summed E-state index contributed by atoms with van der Waals surface area (Å²) in [5, 5.41) is 3.41. The summed E-state index contributed by atoms with van der Waals surface area (Å²) in [6, 6.07) is 13.4. The number of benzene rings is 2. The van der Waals surface area contributed by atoms with Gasteiger partial charge in [-0.15, -0.1) is 0 Å². The van der Waals surface area contributed by atoms with Crippen LogP contribution in [0.1, 0.15) is 41.6 Å². The van der Waals surface area contributed by atoms with Crippen LogP contribution in [0.3, 0.4) is 0 Å². The Balaban J connectivity index is 1.70. The lowest BCUT2D eigenvalue weighted by molar-refractivity contribution is -0.155. The number of carbonyl (C=O) groups is 3. The fourth-order valence-corrected chi connectivity index (χ4v) is 4.37. The van der Waals surface area contributed by atoms with E-state index in [9.17, 15) is 14.4 Å². The molecule has 29 heavy (non-hydrogen) atoms. The molecule has 2 atom stereocenters. The molecule has 2 fully saturated rings. The normalized spacial score (nSPS) is 21.2. The molecule has 1 aliphatic carbocycles. The van der Waals surface area contributed by atoms with E-state index in [2.05, 4.69) is 0 Å². The van der Waals surface area contributed by atoms with E-state index in [-0.39, 0.29) is 30.2 Å². The van der Waals surface area contributed by atoms with E-state index in [1.165, 1.54) is 5.01 Å². The number of rotatable bonds is 4. The Labute approximate surface area is 179 Å². The minimum Gasteiger partial charge on any atom is -0.272 e. The molecule has 0 radical (unpaired) electrons. The third-order valence-electron chi connectivity index (χ3n) is 5.63. The van der Waals surface area contributed by atoms with Crippen LogP contribution in [0.5, 0.6) is 0 Å². The van der Waals surface area contributed by atoms with Crippen molar-refractivity contribution in [1.29, 1.82) is 0 Å². The average molecular weight is 431 g/mol. The maximum Gasteiger partial charge on any atom is 0.273 e. The van der Waals surface area contributed by atoms with Crippen LogP contribution >= 0.6 is 23.2 Å². The number of hydrogen-bond donors (Lipinski definition) is 0. The highest BCUT2D eigenvalue weighted by molar-refractivity contribution is 6.30. The second-order valence-electron chi connectivity index (χ2n) is 7.48. The van der Waals surface area contributed by atoms with Crippen LogP contribution in [0, 0.1) is 11.8 Å². The lowest BCUT2D eigenvalue weighted by atomic mass is 9.81. The molecule has 7 heteroatoms. The molecule has 0 spiro atoms. The summed E-state index contributed by atoms with van der Waals surface area (Å²) in [6.45, 7) is 0.0928. The van der Waals surface area contributed by atoms with Crippen LogP contribution in [0.15, 0.2) is 48.5 Å². The zero-order valence-corrected chi connectivity index (χ0v) is 17.2. The first-order valence-electron chi connectivity index (χ1n) is 9.65. The number of carbonyl (C=O) groups excluding carboxylic acids is 3. The molecule has 1 aliphatic heterocycles. The summed E-state index contributed by atoms with van der Waals surface area (Å²) in [5.74, 6) is -1.65. The van der Waals surface area contributed by atoms with E-state index in [1.54, 1.807) is 48.5 Å². The SMILES string of the molecule is O=C(c1ccc(Cl)cc1)N(Cc1ccc(Cl)cc1)N1C(=O)[C@H]2CCCC[C@H]2C1=O. The smallest absolute Gasteiger partial charge is 0.272 e. The molecular weight excluding hydrogens is 411 g/mol. The van der Waals surface area contributed by atoms with Gasteiger partial charge in [0.2, 0.25) is 0 Å². The van der Waals surface area contributed by atoms with Gasteiger partial charge in [-0.25, -0.2) is 5.01 Å². The number of fused-ring (bicyclic) bond motifs is 1. The highest BCUT2D eigenvalue weighted by Crippen LogP contribution is 2.39. The molecule has 0 bridgehead atoms. The maximum atomic E-state index is 13.3. The molecule has 2 aromatic rings. The van der Waals surface area contributed by atoms with Crippen molar-refractivity contribution < 1.29 is 14.4 Å². The van der Waals surface area contributed by atoms with Gasteiger partial charge in [0.05, 0.1) is 18.4 Å². The molecule has 0 N–H and O–H groups in total. The minimum absolute atomic E-state index is 0.0928.